The van der Waals surface area contributed by atoms with E-state index in [2.05, 4.69) is 4.98 Å². The Morgan fingerprint density at radius 1 is 0.824 bits per heavy atom. The Morgan fingerprint density at radius 3 is 2.00 bits per heavy atom. The second-order valence-corrected chi connectivity index (χ2v) is 5.03. The van der Waals surface area contributed by atoms with Gasteiger partial charge < -0.3 is 5.73 Å². The molecule has 88 valence electrons. The van der Waals surface area contributed by atoms with Crippen LogP contribution < -0.4 is 5.73 Å². The van der Waals surface area contributed by atoms with Gasteiger partial charge in [-0.25, -0.2) is 4.98 Å². The van der Waals surface area contributed by atoms with Gasteiger partial charge in [0.1, 0.15) is 5.82 Å². The van der Waals surface area contributed by atoms with Gasteiger partial charge in [-0.1, -0.05) is 46.4 Å². The Morgan fingerprint density at radius 2 is 1.41 bits per heavy atom. The third kappa shape index (κ3) is 2.78. The van der Waals surface area contributed by atoms with Crippen LogP contribution in [0.3, 0.4) is 0 Å². The molecule has 2 nitrogen and oxygen atoms in total. The first-order chi connectivity index (χ1) is 7.97. The van der Waals surface area contributed by atoms with E-state index in [9.17, 15) is 0 Å². The van der Waals surface area contributed by atoms with Gasteiger partial charge in [-0.3, -0.25) is 0 Å². The molecule has 1 heterocycles. The smallest absolute Gasteiger partial charge is 0.143 e. The number of aromatic nitrogens is 1. The number of anilines is 1. The number of benzene rings is 1. The van der Waals surface area contributed by atoms with Gasteiger partial charge in [-0.05, 0) is 24.3 Å². The van der Waals surface area contributed by atoms with E-state index in [1.807, 2.05) is 0 Å². The SMILES string of the molecule is Nc1nc(-c2cc(Cl)cc(Cl)c2)c(Cl)cc1Cl. The summed E-state index contributed by atoms with van der Waals surface area (Å²) < 4.78 is 0. The summed E-state index contributed by atoms with van der Waals surface area (Å²) in [5.74, 6) is 0.210. The lowest BCUT2D eigenvalue weighted by Crippen LogP contribution is -1.94. The Hall–Kier alpha value is -0.670. The van der Waals surface area contributed by atoms with Crippen LogP contribution in [0.5, 0.6) is 0 Å². The maximum atomic E-state index is 6.05. The maximum Gasteiger partial charge on any atom is 0.143 e. The van der Waals surface area contributed by atoms with Crippen LogP contribution in [-0.4, -0.2) is 4.98 Å². The highest BCUT2D eigenvalue weighted by atomic mass is 35.5. The molecule has 0 aliphatic rings. The van der Waals surface area contributed by atoms with Crippen molar-refractivity contribution in [2.24, 2.45) is 0 Å². The highest BCUT2D eigenvalue weighted by molar-refractivity contribution is 6.38. The molecule has 0 fully saturated rings. The Labute approximate surface area is 118 Å². The van der Waals surface area contributed by atoms with E-state index in [-0.39, 0.29) is 5.82 Å². The second kappa shape index (κ2) is 4.91. The third-order valence-electron chi connectivity index (χ3n) is 2.09. The lowest BCUT2D eigenvalue weighted by Gasteiger charge is -2.07. The van der Waals surface area contributed by atoms with Crippen molar-refractivity contribution in [3.63, 3.8) is 0 Å². The Balaban J connectivity index is 2.64. The molecule has 0 aliphatic heterocycles. The van der Waals surface area contributed by atoms with Crippen molar-refractivity contribution in [1.29, 1.82) is 0 Å². The van der Waals surface area contributed by atoms with Gasteiger partial charge in [0.15, 0.2) is 0 Å². The number of nitrogens with zero attached hydrogens (tertiary/aromatic N) is 1. The van der Waals surface area contributed by atoms with Crippen molar-refractivity contribution in [2.45, 2.75) is 0 Å². The molecule has 0 saturated heterocycles. The van der Waals surface area contributed by atoms with Crippen LogP contribution in [0.2, 0.25) is 20.1 Å². The standard InChI is InChI=1S/C11H6Cl4N2/c12-6-1-5(2-7(13)3-6)10-8(14)4-9(15)11(16)17-10/h1-4H,(H2,16,17). The molecule has 6 heteroatoms. The van der Waals surface area contributed by atoms with E-state index in [1.54, 1.807) is 18.2 Å². The fourth-order valence-corrected chi connectivity index (χ4v) is 2.37. The van der Waals surface area contributed by atoms with Crippen LogP contribution in [0.25, 0.3) is 11.3 Å². The molecule has 2 rings (SSSR count). The number of rotatable bonds is 1. The number of pyridine rings is 1. The minimum Gasteiger partial charge on any atom is -0.382 e. The average molecular weight is 308 g/mol. The average Bonchev–Trinajstić information content (AvgIpc) is 2.22. The zero-order chi connectivity index (χ0) is 12.6. The van der Waals surface area contributed by atoms with Crippen LogP contribution in [0.4, 0.5) is 5.82 Å². The lowest BCUT2D eigenvalue weighted by atomic mass is 10.1. The number of hydrogen-bond acceptors (Lipinski definition) is 2. The topological polar surface area (TPSA) is 38.9 Å². The van der Waals surface area contributed by atoms with Crippen LogP contribution in [-0.2, 0) is 0 Å². The van der Waals surface area contributed by atoms with Gasteiger partial charge in [0.05, 0.1) is 15.7 Å². The van der Waals surface area contributed by atoms with Crippen molar-refractivity contribution >= 4 is 52.2 Å². The zero-order valence-electron chi connectivity index (χ0n) is 8.35. The maximum absolute atomic E-state index is 6.05. The number of halogens is 4. The molecule has 0 aliphatic carbocycles. The lowest BCUT2D eigenvalue weighted by molar-refractivity contribution is 1.33. The van der Waals surface area contributed by atoms with E-state index >= 15 is 0 Å². The second-order valence-electron chi connectivity index (χ2n) is 3.34. The molecule has 0 radical (unpaired) electrons. The number of hydrogen-bond donors (Lipinski definition) is 1. The highest BCUT2D eigenvalue weighted by Crippen LogP contribution is 2.33. The van der Waals surface area contributed by atoms with Crippen molar-refractivity contribution in [3.05, 3.63) is 44.4 Å². The van der Waals surface area contributed by atoms with Gasteiger partial charge in [-0.15, -0.1) is 0 Å². The molecule has 1 aromatic carbocycles. The quantitative estimate of drug-likeness (QED) is 0.810. The molecule has 17 heavy (non-hydrogen) atoms. The van der Waals surface area contributed by atoms with Crippen molar-refractivity contribution in [3.8, 4) is 11.3 Å². The molecule has 2 N–H and O–H groups in total. The van der Waals surface area contributed by atoms with Crippen LogP contribution >= 0.6 is 46.4 Å². The summed E-state index contributed by atoms with van der Waals surface area (Å²) in [6.45, 7) is 0. The monoisotopic (exact) mass is 306 g/mol. The van der Waals surface area contributed by atoms with Crippen LogP contribution in [0.1, 0.15) is 0 Å². The van der Waals surface area contributed by atoms with Gasteiger partial charge in [0.25, 0.3) is 0 Å². The summed E-state index contributed by atoms with van der Waals surface area (Å²) in [4.78, 5) is 4.12. The van der Waals surface area contributed by atoms with Gasteiger partial charge in [-0.2, -0.15) is 0 Å². The molecule has 0 bridgehead atoms. The summed E-state index contributed by atoms with van der Waals surface area (Å²) in [5.41, 5.74) is 6.82. The number of nitrogens with two attached hydrogens (primary N) is 1. The van der Waals surface area contributed by atoms with Gasteiger partial charge in [0.2, 0.25) is 0 Å². The highest BCUT2D eigenvalue weighted by Gasteiger charge is 2.10. The van der Waals surface area contributed by atoms with E-state index < -0.39 is 0 Å². The minimum atomic E-state index is 0.210. The summed E-state index contributed by atoms with van der Waals surface area (Å²) in [7, 11) is 0. The molecule has 0 atom stereocenters. The summed E-state index contributed by atoms with van der Waals surface area (Å²) in [5, 5.41) is 1.70. The molecule has 2 aromatic rings. The molecule has 0 saturated carbocycles. The normalized spacial score (nSPS) is 10.6. The minimum absolute atomic E-state index is 0.210. The third-order valence-corrected chi connectivity index (χ3v) is 3.12. The molecular weight excluding hydrogens is 302 g/mol. The number of nitrogen functional groups attached to an aromatic ring is 1. The Kier molecular flexibility index (Phi) is 3.69. The fourth-order valence-electron chi connectivity index (χ4n) is 1.37. The van der Waals surface area contributed by atoms with Gasteiger partial charge >= 0.3 is 0 Å². The van der Waals surface area contributed by atoms with E-state index in [0.717, 1.165) is 0 Å². The van der Waals surface area contributed by atoms with Crippen LogP contribution in [0.15, 0.2) is 24.3 Å². The molecule has 0 spiro atoms. The van der Waals surface area contributed by atoms with Crippen molar-refractivity contribution in [1.82, 2.24) is 4.98 Å². The molecule has 0 amide bonds. The summed E-state index contributed by atoms with van der Waals surface area (Å²) in [6, 6.07) is 6.57. The first-order valence-corrected chi connectivity index (χ1v) is 6.06. The summed E-state index contributed by atoms with van der Waals surface area (Å²) >= 11 is 23.7. The first-order valence-electron chi connectivity index (χ1n) is 4.55. The van der Waals surface area contributed by atoms with E-state index in [1.165, 1.54) is 6.07 Å². The predicted octanol–water partition coefficient (Wildman–Crippen LogP) is 4.94. The molecule has 0 unspecified atom stereocenters. The van der Waals surface area contributed by atoms with Crippen molar-refractivity contribution < 1.29 is 0 Å². The molecular formula is C11H6Cl4N2. The first kappa shape index (κ1) is 12.8. The Bertz CT molecular complexity index is 564. The van der Waals surface area contributed by atoms with E-state index in [0.29, 0.717) is 31.3 Å². The van der Waals surface area contributed by atoms with Gasteiger partial charge in [0, 0.05) is 15.6 Å². The predicted molar refractivity (Wildman–Crippen MR) is 74.1 cm³/mol. The van der Waals surface area contributed by atoms with Crippen LogP contribution in [0, 0.1) is 0 Å². The fraction of sp³-hybridized carbons (Fsp3) is 0. The van der Waals surface area contributed by atoms with Crippen molar-refractivity contribution in [2.75, 3.05) is 5.73 Å². The molecule has 1 aromatic heterocycles. The van der Waals surface area contributed by atoms with E-state index in [4.69, 9.17) is 52.1 Å². The zero-order valence-corrected chi connectivity index (χ0v) is 11.4. The summed E-state index contributed by atoms with van der Waals surface area (Å²) in [6.07, 6.45) is 0. The largest absolute Gasteiger partial charge is 0.382 e.